The Morgan fingerprint density at radius 1 is 0.812 bits per heavy atom. The molecule has 0 rings (SSSR count). The van der Waals surface area contributed by atoms with E-state index >= 15 is 0 Å². The van der Waals surface area contributed by atoms with Crippen molar-refractivity contribution in [1.82, 2.24) is 16.0 Å². The highest BCUT2D eigenvalue weighted by Crippen LogP contribution is 2.08. The van der Waals surface area contributed by atoms with Crippen molar-refractivity contribution in [2.45, 2.75) is 78.4 Å². The molecule has 3 amide bonds. The fourth-order valence-electron chi connectivity index (χ4n) is 2.11. The molecule has 0 aliphatic carbocycles. The van der Waals surface area contributed by atoms with Crippen molar-refractivity contribution >= 4 is 30.0 Å². The van der Waals surface area contributed by atoms with Crippen molar-refractivity contribution in [2.75, 3.05) is 13.1 Å². The van der Waals surface area contributed by atoms with Crippen molar-refractivity contribution < 1.29 is 33.8 Å². The number of amides is 3. The van der Waals surface area contributed by atoms with Gasteiger partial charge in [0.2, 0.25) is 11.9 Å². The lowest BCUT2D eigenvalue weighted by Crippen LogP contribution is -2.47. The van der Waals surface area contributed by atoms with Gasteiger partial charge in [-0.15, -0.1) is 0 Å². The summed E-state index contributed by atoms with van der Waals surface area (Å²) in [5.74, 6) is -1.70. The monoisotopic (exact) mass is 456 g/mol. The van der Waals surface area contributed by atoms with E-state index in [1.165, 1.54) is 0 Å². The number of hydrogen-bond acceptors (Lipinski definition) is 7. The summed E-state index contributed by atoms with van der Waals surface area (Å²) in [7, 11) is 0. The van der Waals surface area contributed by atoms with E-state index in [9.17, 15) is 19.2 Å². The molecule has 0 saturated heterocycles. The molecule has 0 aromatic rings. The average Bonchev–Trinajstić information content (AvgIpc) is 2.58. The molecule has 0 aromatic carbocycles. The van der Waals surface area contributed by atoms with Crippen molar-refractivity contribution in [3.8, 4) is 0 Å². The van der Waals surface area contributed by atoms with Gasteiger partial charge in [-0.2, -0.15) is 0 Å². The first kappa shape index (κ1) is 28.9. The van der Waals surface area contributed by atoms with Gasteiger partial charge >= 0.3 is 18.2 Å². The third-order valence-corrected chi connectivity index (χ3v) is 3.27. The minimum absolute atomic E-state index is 0.0639. The Morgan fingerprint density at radius 3 is 1.78 bits per heavy atom. The number of aliphatic carboxylic acids is 1. The Labute approximate surface area is 189 Å². The topological polar surface area (TPSA) is 155 Å². The van der Waals surface area contributed by atoms with Crippen LogP contribution in [0.25, 0.3) is 0 Å². The SMILES string of the molecule is CC(C)(C)OC(=O)NC(=NCCCCCCNC(=O)/C=C/C(=O)O)NC(=O)OC(C)(C)C. The smallest absolute Gasteiger partial charge is 0.414 e. The van der Waals surface area contributed by atoms with Gasteiger partial charge in [-0.25, -0.2) is 14.4 Å². The number of rotatable bonds is 9. The fraction of sp³-hybridized carbons (Fsp3) is 0.667. The predicted molar refractivity (Wildman–Crippen MR) is 119 cm³/mol. The Balaban J connectivity index is 4.49. The number of carboxylic acids is 1. The van der Waals surface area contributed by atoms with Crippen LogP contribution >= 0.6 is 0 Å². The van der Waals surface area contributed by atoms with Crippen LogP contribution in [0.1, 0.15) is 67.2 Å². The first-order valence-corrected chi connectivity index (χ1v) is 10.4. The van der Waals surface area contributed by atoms with Crippen molar-refractivity contribution in [2.24, 2.45) is 4.99 Å². The second-order valence-corrected chi connectivity index (χ2v) is 8.86. The molecular formula is C21H36N4O7. The molecule has 11 heteroatoms. The van der Waals surface area contributed by atoms with Gasteiger partial charge < -0.3 is 19.9 Å². The third kappa shape index (κ3) is 18.9. The normalized spacial score (nSPS) is 11.4. The van der Waals surface area contributed by atoms with E-state index < -0.39 is 35.3 Å². The summed E-state index contributed by atoms with van der Waals surface area (Å²) in [6.07, 6.45) is 3.26. The molecule has 32 heavy (non-hydrogen) atoms. The van der Waals surface area contributed by atoms with Gasteiger partial charge in [0.15, 0.2) is 0 Å². The number of hydrogen-bond donors (Lipinski definition) is 4. The Kier molecular flexibility index (Phi) is 12.7. The molecule has 0 saturated carbocycles. The van der Waals surface area contributed by atoms with Crippen LogP contribution in [0.15, 0.2) is 17.1 Å². The van der Waals surface area contributed by atoms with Gasteiger partial charge in [-0.3, -0.25) is 20.4 Å². The van der Waals surface area contributed by atoms with Crippen molar-refractivity contribution in [3.63, 3.8) is 0 Å². The van der Waals surface area contributed by atoms with Crippen LogP contribution < -0.4 is 16.0 Å². The van der Waals surface area contributed by atoms with Gasteiger partial charge in [-0.05, 0) is 54.4 Å². The first-order valence-electron chi connectivity index (χ1n) is 10.4. The highest BCUT2D eigenvalue weighted by molar-refractivity contribution is 6.01. The van der Waals surface area contributed by atoms with Crippen LogP contribution in [-0.4, -0.2) is 59.4 Å². The number of carbonyl (C=O) groups excluding carboxylic acids is 3. The van der Waals surface area contributed by atoms with Gasteiger partial charge in [0.1, 0.15) is 11.2 Å². The van der Waals surface area contributed by atoms with Crippen LogP contribution in [0.5, 0.6) is 0 Å². The van der Waals surface area contributed by atoms with Crippen LogP contribution in [0.2, 0.25) is 0 Å². The number of ether oxygens (including phenoxy) is 2. The number of alkyl carbamates (subject to hydrolysis) is 2. The van der Waals surface area contributed by atoms with E-state index in [0.717, 1.165) is 31.4 Å². The molecular weight excluding hydrogens is 420 g/mol. The number of carboxylic acid groups (broad SMARTS) is 1. The first-order chi connectivity index (χ1) is 14.7. The summed E-state index contributed by atoms with van der Waals surface area (Å²) < 4.78 is 10.4. The number of nitrogens with zero attached hydrogens (tertiary/aromatic N) is 1. The van der Waals surface area contributed by atoms with Gasteiger partial charge in [-0.1, -0.05) is 12.8 Å². The summed E-state index contributed by atoms with van der Waals surface area (Å²) in [4.78, 5) is 49.9. The molecule has 0 spiro atoms. The summed E-state index contributed by atoms with van der Waals surface area (Å²) in [5, 5.41) is 15.9. The summed E-state index contributed by atoms with van der Waals surface area (Å²) in [5.41, 5.74) is -1.42. The van der Waals surface area contributed by atoms with Crippen molar-refractivity contribution in [3.05, 3.63) is 12.2 Å². The van der Waals surface area contributed by atoms with Gasteiger partial charge in [0.05, 0.1) is 0 Å². The maximum absolute atomic E-state index is 12.0. The lowest BCUT2D eigenvalue weighted by Gasteiger charge is -2.22. The molecule has 0 heterocycles. The van der Waals surface area contributed by atoms with E-state index in [1.54, 1.807) is 41.5 Å². The van der Waals surface area contributed by atoms with Crippen LogP contribution in [0.3, 0.4) is 0 Å². The minimum Gasteiger partial charge on any atom is -0.478 e. The molecule has 182 valence electrons. The molecule has 0 fully saturated rings. The molecule has 0 aliphatic rings. The van der Waals surface area contributed by atoms with E-state index in [2.05, 4.69) is 20.9 Å². The zero-order valence-electron chi connectivity index (χ0n) is 19.7. The quantitative estimate of drug-likeness (QED) is 0.180. The summed E-state index contributed by atoms with van der Waals surface area (Å²) >= 11 is 0. The number of unbranched alkanes of at least 4 members (excludes halogenated alkanes) is 3. The highest BCUT2D eigenvalue weighted by atomic mass is 16.6. The lowest BCUT2D eigenvalue weighted by atomic mass is 10.2. The zero-order valence-corrected chi connectivity index (χ0v) is 19.7. The summed E-state index contributed by atoms with van der Waals surface area (Å²) in [6.45, 7) is 11.1. The van der Waals surface area contributed by atoms with E-state index in [0.29, 0.717) is 19.5 Å². The van der Waals surface area contributed by atoms with Crippen molar-refractivity contribution in [1.29, 1.82) is 0 Å². The average molecular weight is 457 g/mol. The standard InChI is InChI=1S/C21H36N4O7/c1-20(2,3)31-18(29)24-17(25-19(30)32-21(4,5)6)23-14-10-8-7-9-13-22-15(26)11-12-16(27)28/h11-12H,7-10,13-14H2,1-6H3,(H,22,26)(H,27,28)(H2,23,24,25,29,30)/b12-11+. The number of carbonyl (C=O) groups is 4. The maximum atomic E-state index is 12.0. The number of aliphatic imine (C=N–C) groups is 1. The van der Waals surface area contributed by atoms with E-state index in [-0.39, 0.29) is 5.96 Å². The third-order valence-electron chi connectivity index (χ3n) is 3.27. The molecule has 0 bridgehead atoms. The predicted octanol–water partition coefficient (Wildman–Crippen LogP) is 2.71. The van der Waals surface area contributed by atoms with Gasteiger partial charge in [0, 0.05) is 25.2 Å². The molecule has 4 N–H and O–H groups in total. The minimum atomic E-state index is -1.18. The zero-order chi connectivity index (χ0) is 24.8. The Hall–Kier alpha value is -3.11. The molecule has 0 radical (unpaired) electrons. The largest absolute Gasteiger partial charge is 0.478 e. The number of nitrogens with one attached hydrogen (secondary N) is 3. The Morgan fingerprint density at radius 2 is 1.31 bits per heavy atom. The maximum Gasteiger partial charge on any atom is 0.414 e. The molecule has 11 nitrogen and oxygen atoms in total. The second-order valence-electron chi connectivity index (χ2n) is 8.86. The van der Waals surface area contributed by atoms with E-state index in [4.69, 9.17) is 14.6 Å². The second kappa shape index (κ2) is 14.0. The van der Waals surface area contributed by atoms with Gasteiger partial charge in [0.25, 0.3) is 0 Å². The molecule has 0 aromatic heterocycles. The van der Waals surface area contributed by atoms with Crippen LogP contribution in [-0.2, 0) is 19.1 Å². The van der Waals surface area contributed by atoms with Crippen LogP contribution in [0, 0.1) is 0 Å². The van der Waals surface area contributed by atoms with Crippen LogP contribution in [0.4, 0.5) is 9.59 Å². The summed E-state index contributed by atoms with van der Waals surface area (Å²) in [6, 6.07) is 0. The molecule has 0 atom stereocenters. The molecule has 0 aliphatic heterocycles. The lowest BCUT2D eigenvalue weighted by molar-refractivity contribution is -0.131. The fourth-order valence-corrected chi connectivity index (χ4v) is 2.11. The Bertz CT molecular complexity index is 672. The molecule has 0 unspecified atom stereocenters. The number of guanidine groups is 1. The highest BCUT2D eigenvalue weighted by Gasteiger charge is 2.21. The van der Waals surface area contributed by atoms with E-state index in [1.807, 2.05) is 0 Å².